The Morgan fingerprint density at radius 1 is 1.36 bits per heavy atom. The number of hydrogen-bond acceptors (Lipinski definition) is 2. The van der Waals surface area contributed by atoms with Crippen molar-refractivity contribution in [2.45, 2.75) is 6.54 Å². The first-order valence-electron chi connectivity index (χ1n) is 4.51. The highest BCUT2D eigenvalue weighted by Crippen LogP contribution is 2.03. The first-order valence-corrected chi connectivity index (χ1v) is 4.51. The van der Waals surface area contributed by atoms with Gasteiger partial charge in [-0.2, -0.15) is 0 Å². The molecule has 14 heavy (non-hydrogen) atoms. The fourth-order valence-electron chi connectivity index (χ4n) is 1.37. The van der Waals surface area contributed by atoms with Gasteiger partial charge in [-0.15, -0.1) is 0 Å². The van der Waals surface area contributed by atoms with E-state index in [2.05, 4.69) is 4.99 Å². The standard InChI is InChI=1S/C11H11N2O/c14-8-11-3-1-10(2-4-11)7-13-6-5-12-9-13/h1-4,6,8-9H,5,7H2/q+1. The monoisotopic (exact) mass is 187 g/mol. The molecule has 1 aromatic carbocycles. The average molecular weight is 187 g/mol. The largest absolute Gasteiger partial charge is 0.298 e. The van der Waals surface area contributed by atoms with Crippen molar-refractivity contribution in [2.75, 3.05) is 6.54 Å². The molecule has 1 heterocycles. The molecule has 3 heteroatoms. The number of carbonyl (C=O) groups is 1. The van der Waals surface area contributed by atoms with Gasteiger partial charge in [0.15, 0.2) is 6.54 Å². The van der Waals surface area contributed by atoms with Gasteiger partial charge in [0.25, 0.3) is 6.34 Å². The Morgan fingerprint density at radius 2 is 2.14 bits per heavy atom. The van der Waals surface area contributed by atoms with E-state index in [-0.39, 0.29) is 0 Å². The SMILES string of the molecule is O=Cc1ccc(C[N+]2=CCN=C2)cc1. The molecule has 3 nitrogen and oxygen atoms in total. The quantitative estimate of drug-likeness (QED) is 0.515. The number of rotatable bonds is 3. The summed E-state index contributed by atoms with van der Waals surface area (Å²) in [4.78, 5) is 14.5. The first kappa shape index (κ1) is 8.81. The van der Waals surface area contributed by atoms with Crippen molar-refractivity contribution in [2.24, 2.45) is 4.99 Å². The van der Waals surface area contributed by atoms with Crippen molar-refractivity contribution in [3.63, 3.8) is 0 Å². The van der Waals surface area contributed by atoms with Gasteiger partial charge in [0.05, 0.1) is 0 Å². The molecule has 1 aromatic rings. The van der Waals surface area contributed by atoms with Gasteiger partial charge in [0.2, 0.25) is 0 Å². The predicted molar refractivity (Wildman–Crippen MR) is 55.2 cm³/mol. The summed E-state index contributed by atoms with van der Waals surface area (Å²) >= 11 is 0. The summed E-state index contributed by atoms with van der Waals surface area (Å²) in [5.41, 5.74) is 1.90. The number of aldehydes is 1. The minimum atomic E-state index is 0.716. The van der Waals surface area contributed by atoms with E-state index in [1.807, 2.05) is 41.4 Å². The number of nitrogens with zero attached hydrogens (tertiary/aromatic N) is 2. The Balaban J connectivity index is 2.09. The van der Waals surface area contributed by atoms with Gasteiger partial charge in [-0.1, -0.05) is 29.3 Å². The van der Waals surface area contributed by atoms with Crippen molar-refractivity contribution >= 4 is 18.8 Å². The van der Waals surface area contributed by atoms with Crippen LogP contribution in [0.3, 0.4) is 0 Å². The molecule has 0 saturated heterocycles. The minimum Gasteiger partial charge on any atom is -0.298 e. The van der Waals surface area contributed by atoms with Crippen LogP contribution in [0.15, 0.2) is 29.3 Å². The fraction of sp³-hybridized carbons (Fsp3) is 0.182. The average Bonchev–Trinajstić information content (AvgIpc) is 2.72. The Morgan fingerprint density at radius 3 is 2.71 bits per heavy atom. The first-order chi connectivity index (χ1) is 6.88. The molecule has 2 rings (SSSR count). The summed E-state index contributed by atoms with van der Waals surface area (Å²) in [5.74, 6) is 0. The summed E-state index contributed by atoms with van der Waals surface area (Å²) in [7, 11) is 0. The van der Waals surface area contributed by atoms with Gasteiger partial charge in [-0.25, -0.2) is 4.58 Å². The number of benzene rings is 1. The molecular formula is C11H11N2O+. The summed E-state index contributed by atoms with van der Waals surface area (Å²) in [6.07, 6.45) is 4.72. The zero-order valence-electron chi connectivity index (χ0n) is 7.76. The van der Waals surface area contributed by atoms with Crippen LogP contribution in [0.5, 0.6) is 0 Å². The van der Waals surface area contributed by atoms with Crippen molar-refractivity contribution < 1.29 is 9.37 Å². The van der Waals surface area contributed by atoms with Gasteiger partial charge >= 0.3 is 0 Å². The molecule has 70 valence electrons. The molecule has 0 N–H and O–H groups in total. The van der Waals surface area contributed by atoms with Gasteiger partial charge in [-0.3, -0.25) is 4.79 Å². The van der Waals surface area contributed by atoms with E-state index >= 15 is 0 Å². The van der Waals surface area contributed by atoms with E-state index in [9.17, 15) is 4.79 Å². The van der Waals surface area contributed by atoms with E-state index in [0.717, 1.165) is 19.4 Å². The highest BCUT2D eigenvalue weighted by molar-refractivity contribution is 5.74. The summed E-state index contributed by atoms with van der Waals surface area (Å²) in [6.45, 7) is 1.59. The van der Waals surface area contributed by atoms with Gasteiger partial charge in [0.1, 0.15) is 19.0 Å². The van der Waals surface area contributed by atoms with Crippen LogP contribution < -0.4 is 0 Å². The van der Waals surface area contributed by atoms with E-state index < -0.39 is 0 Å². The van der Waals surface area contributed by atoms with Crippen LogP contribution in [-0.2, 0) is 6.54 Å². The Bertz CT molecular complexity index is 390. The lowest BCUT2D eigenvalue weighted by molar-refractivity contribution is -0.408. The molecule has 0 saturated carbocycles. The highest BCUT2D eigenvalue weighted by atomic mass is 16.1. The molecule has 0 spiro atoms. The van der Waals surface area contributed by atoms with Crippen LogP contribution >= 0.6 is 0 Å². The van der Waals surface area contributed by atoms with Crippen LogP contribution in [0.2, 0.25) is 0 Å². The van der Waals surface area contributed by atoms with Crippen LogP contribution in [-0.4, -0.2) is 30.0 Å². The van der Waals surface area contributed by atoms with E-state index in [0.29, 0.717) is 5.56 Å². The lowest BCUT2D eigenvalue weighted by Crippen LogP contribution is -2.06. The van der Waals surface area contributed by atoms with Gasteiger partial charge in [-0.05, 0) is 5.56 Å². The van der Waals surface area contributed by atoms with Crippen molar-refractivity contribution in [3.05, 3.63) is 35.4 Å². The molecule has 0 amide bonds. The molecule has 0 bridgehead atoms. The molecule has 0 aliphatic carbocycles. The maximum absolute atomic E-state index is 10.4. The minimum absolute atomic E-state index is 0.716. The molecule has 1 aliphatic heterocycles. The van der Waals surface area contributed by atoms with E-state index in [4.69, 9.17) is 0 Å². The van der Waals surface area contributed by atoms with Gasteiger partial charge in [0, 0.05) is 5.56 Å². The smallest absolute Gasteiger partial charge is 0.280 e. The third kappa shape index (κ3) is 1.93. The summed E-state index contributed by atoms with van der Waals surface area (Å²) in [6, 6.07) is 7.58. The van der Waals surface area contributed by atoms with Crippen LogP contribution in [0, 0.1) is 0 Å². The maximum atomic E-state index is 10.4. The molecular weight excluding hydrogens is 176 g/mol. The highest BCUT2D eigenvalue weighted by Gasteiger charge is 2.05. The van der Waals surface area contributed by atoms with Crippen LogP contribution in [0.1, 0.15) is 15.9 Å². The van der Waals surface area contributed by atoms with E-state index in [1.54, 1.807) is 0 Å². The Hall–Kier alpha value is -1.77. The Kier molecular flexibility index (Phi) is 2.49. The van der Waals surface area contributed by atoms with Crippen molar-refractivity contribution in [1.82, 2.24) is 0 Å². The fourth-order valence-corrected chi connectivity index (χ4v) is 1.37. The van der Waals surface area contributed by atoms with Crippen LogP contribution in [0.4, 0.5) is 0 Å². The lowest BCUT2D eigenvalue weighted by Gasteiger charge is -1.98. The Labute approximate surface area is 82.4 Å². The summed E-state index contributed by atoms with van der Waals surface area (Å²) in [5, 5.41) is 0. The summed E-state index contributed by atoms with van der Waals surface area (Å²) < 4.78 is 2.04. The van der Waals surface area contributed by atoms with E-state index in [1.165, 1.54) is 5.56 Å². The van der Waals surface area contributed by atoms with Gasteiger partial charge < -0.3 is 0 Å². The zero-order chi connectivity index (χ0) is 9.80. The second kappa shape index (κ2) is 3.96. The molecule has 0 unspecified atom stereocenters. The maximum Gasteiger partial charge on any atom is 0.280 e. The normalized spacial score (nSPS) is 14.1. The molecule has 0 aromatic heterocycles. The predicted octanol–water partition coefficient (Wildman–Crippen LogP) is 1.12. The third-order valence-electron chi connectivity index (χ3n) is 2.13. The topological polar surface area (TPSA) is 32.4 Å². The second-order valence-corrected chi connectivity index (χ2v) is 3.19. The number of aliphatic imine (C=N–C) groups is 1. The van der Waals surface area contributed by atoms with Crippen molar-refractivity contribution in [1.29, 1.82) is 0 Å². The molecule has 1 aliphatic rings. The number of carbonyl (C=O) groups excluding carboxylic acids is 1. The zero-order valence-corrected chi connectivity index (χ0v) is 7.76. The lowest BCUT2D eigenvalue weighted by atomic mass is 10.1. The third-order valence-corrected chi connectivity index (χ3v) is 2.13. The molecule has 0 radical (unpaired) electrons. The molecule has 0 atom stereocenters. The van der Waals surface area contributed by atoms with Crippen molar-refractivity contribution in [3.8, 4) is 0 Å². The molecule has 0 fully saturated rings. The number of hydrogen-bond donors (Lipinski definition) is 0. The van der Waals surface area contributed by atoms with Crippen LogP contribution in [0.25, 0.3) is 0 Å². The second-order valence-electron chi connectivity index (χ2n) is 3.19.